The molecule has 23 heavy (non-hydrogen) atoms. The molecule has 1 saturated carbocycles. The molecular formula is C14H19ClNO6P. The summed E-state index contributed by atoms with van der Waals surface area (Å²) in [6.07, 6.45) is 0.127. The molecule has 1 aliphatic rings. The second-order valence-corrected chi connectivity index (χ2v) is 7.21. The number of phosphoric ester groups is 1. The molecule has 0 amide bonds. The van der Waals surface area contributed by atoms with Crippen molar-refractivity contribution in [2.75, 3.05) is 13.8 Å². The Balaban J connectivity index is 2.46. The van der Waals surface area contributed by atoms with Gasteiger partial charge in [-0.3, -0.25) is 14.2 Å². The highest BCUT2D eigenvalue weighted by molar-refractivity contribution is 7.46. The van der Waals surface area contributed by atoms with E-state index in [1.165, 1.54) is 11.9 Å². The summed E-state index contributed by atoms with van der Waals surface area (Å²) in [5.74, 6) is -0.450. The van der Waals surface area contributed by atoms with Crippen LogP contribution in [0.5, 0.6) is 0 Å². The van der Waals surface area contributed by atoms with E-state index in [4.69, 9.17) is 21.4 Å². The Hall–Kier alpha value is -0.790. The lowest BCUT2D eigenvalue weighted by Gasteiger charge is -2.44. The van der Waals surface area contributed by atoms with Gasteiger partial charge in [0, 0.05) is 5.02 Å². The molecule has 128 valence electrons. The van der Waals surface area contributed by atoms with Crippen molar-refractivity contribution in [3.63, 3.8) is 0 Å². The van der Waals surface area contributed by atoms with Gasteiger partial charge in [0.1, 0.15) is 18.4 Å². The van der Waals surface area contributed by atoms with E-state index >= 15 is 0 Å². The Labute approximate surface area is 139 Å². The molecule has 0 bridgehead atoms. The van der Waals surface area contributed by atoms with Gasteiger partial charge in [-0.05, 0) is 37.9 Å². The molecule has 9 heteroatoms. The molecule has 0 radical (unpaired) electrons. The quantitative estimate of drug-likeness (QED) is 0.539. The molecule has 0 spiro atoms. The smallest absolute Gasteiger partial charge is 0.385 e. The first kappa shape index (κ1) is 18.5. The number of nitrogens with zero attached hydrogens (tertiary/aromatic N) is 1. The highest BCUT2D eigenvalue weighted by Gasteiger charge is 2.49. The zero-order valence-corrected chi connectivity index (χ0v) is 14.2. The van der Waals surface area contributed by atoms with Crippen molar-refractivity contribution in [1.82, 2.24) is 4.90 Å². The Morgan fingerprint density at radius 1 is 1.43 bits per heavy atom. The number of hydrogen-bond acceptors (Lipinski definition) is 5. The predicted octanol–water partition coefficient (Wildman–Crippen LogP) is 1.65. The molecular weight excluding hydrogens is 345 g/mol. The summed E-state index contributed by atoms with van der Waals surface area (Å²) < 4.78 is 15.5. The maximum absolute atomic E-state index is 12.8. The van der Waals surface area contributed by atoms with E-state index in [0.717, 1.165) is 0 Å². The molecule has 1 fully saturated rings. The van der Waals surface area contributed by atoms with Crippen molar-refractivity contribution in [2.24, 2.45) is 0 Å². The van der Waals surface area contributed by atoms with Crippen molar-refractivity contribution < 1.29 is 28.8 Å². The molecule has 0 unspecified atom stereocenters. The summed E-state index contributed by atoms with van der Waals surface area (Å²) >= 11 is 6.24. The van der Waals surface area contributed by atoms with Gasteiger partial charge in [0.25, 0.3) is 0 Å². The molecule has 0 aliphatic heterocycles. The minimum atomic E-state index is -4.69. The third-order valence-electron chi connectivity index (χ3n) is 4.12. The van der Waals surface area contributed by atoms with Crippen molar-refractivity contribution in [3.05, 3.63) is 34.9 Å². The van der Waals surface area contributed by atoms with Crippen molar-refractivity contribution >= 4 is 25.2 Å². The number of likely N-dealkylation sites (N-methyl/N-ethyl adjacent to an activating group) is 1. The van der Waals surface area contributed by atoms with Crippen LogP contribution in [0, 0.1) is 0 Å². The van der Waals surface area contributed by atoms with Crippen molar-refractivity contribution in [1.29, 1.82) is 0 Å². The number of carbonyl (C=O) groups excluding carboxylic acids is 1. The van der Waals surface area contributed by atoms with Crippen LogP contribution in [-0.2, 0) is 19.4 Å². The van der Waals surface area contributed by atoms with Crippen LogP contribution in [0.25, 0.3) is 0 Å². The van der Waals surface area contributed by atoms with Gasteiger partial charge in [0.15, 0.2) is 5.78 Å². The summed E-state index contributed by atoms with van der Waals surface area (Å²) in [7, 11) is -3.18. The fraction of sp³-hybridized carbons (Fsp3) is 0.500. The summed E-state index contributed by atoms with van der Waals surface area (Å²) in [5, 5.41) is 10.4. The minimum absolute atomic E-state index is 0.345. The molecule has 2 atom stereocenters. The van der Waals surface area contributed by atoms with Crippen LogP contribution in [0.4, 0.5) is 0 Å². The molecule has 7 nitrogen and oxygen atoms in total. The number of aliphatic hydroxyl groups is 1. The van der Waals surface area contributed by atoms with Crippen LogP contribution in [-0.4, -0.2) is 45.5 Å². The lowest BCUT2D eigenvalue weighted by Crippen LogP contribution is -2.56. The molecule has 1 aliphatic carbocycles. The van der Waals surface area contributed by atoms with Gasteiger partial charge < -0.3 is 14.9 Å². The Morgan fingerprint density at radius 2 is 2.09 bits per heavy atom. The summed E-state index contributed by atoms with van der Waals surface area (Å²) in [5.41, 5.74) is -0.798. The Kier molecular flexibility index (Phi) is 5.63. The maximum Gasteiger partial charge on any atom is 0.470 e. The number of phosphoric acid groups is 1. The van der Waals surface area contributed by atoms with E-state index in [1.807, 2.05) is 0 Å². The number of carbonyl (C=O) groups is 1. The zero-order chi connectivity index (χ0) is 17.3. The van der Waals surface area contributed by atoms with Gasteiger partial charge in [0.05, 0.1) is 0 Å². The molecule has 0 saturated heterocycles. The fourth-order valence-corrected chi connectivity index (χ4v) is 3.62. The van der Waals surface area contributed by atoms with Crippen molar-refractivity contribution in [2.45, 2.75) is 30.9 Å². The van der Waals surface area contributed by atoms with Crippen LogP contribution >= 0.6 is 19.4 Å². The van der Waals surface area contributed by atoms with Crippen LogP contribution < -0.4 is 0 Å². The number of aliphatic hydroxyl groups excluding tert-OH is 1. The van der Waals surface area contributed by atoms with Gasteiger partial charge in [-0.2, -0.15) is 0 Å². The monoisotopic (exact) mass is 363 g/mol. The molecule has 0 heterocycles. The van der Waals surface area contributed by atoms with E-state index in [-0.39, 0.29) is 0 Å². The van der Waals surface area contributed by atoms with Gasteiger partial charge >= 0.3 is 7.82 Å². The van der Waals surface area contributed by atoms with Crippen LogP contribution in [0.15, 0.2) is 24.3 Å². The lowest BCUT2D eigenvalue weighted by molar-refractivity contribution is -0.147. The lowest BCUT2D eigenvalue weighted by atomic mass is 9.73. The average Bonchev–Trinajstić information content (AvgIpc) is 2.48. The normalized spacial score (nSPS) is 25.8. The minimum Gasteiger partial charge on any atom is -0.385 e. The summed E-state index contributed by atoms with van der Waals surface area (Å²) in [6.45, 7) is -0.478. The highest BCUT2D eigenvalue weighted by atomic mass is 35.5. The molecule has 3 N–H and O–H groups in total. The Bertz CT molecular complexity index is 635. The topological polar surface area (TPSA) is 107 Å². The second kappa shape index (κ2) is 6.99. The van der Waals surface area contributed by atoms with E-state index < -0.39 is 32.0 Å². The van der Waals surface area contributed by atoms with E-state index in [0.29, 0.717) is 29.8 Å². The van der Waals surface area contributed by atoms with E-state index in [9.17, 15) is 14.5 Å². The zero-order valence-electron chi connectivity index (χ0n) is 12.6. The third-order valence-corrected chi connectivity index (χ3v) is 4.90. The average molecular weight is 364 g/mol. The number of ketones is 1. The van der Waals surface area contributed by atoms with Crippen molar-refractivity contribution in [3.8, 4) is 0 Å². The van der Waals surface area contributed by atoms with E-state index in [1.54, 1.807) is 24.3 Å². The number of rotatable bonds is 5. The first-order chi connectivity index (χ1) is 10.7. The van der Waals surface area contributed by atoms with Crippen LogP contribution in [0.3, 0.4) is 0 Å². The standard InChI is InChI=1S/C14H19ClNO6P/c1-16(9-22-23(19,20)21)14(8-4-7-12(17)13(14)18)10-5-2-3-6-11(10)15/h2-3,5-6,12,17H,4,7-9H2,1H3,(H2,19,20,21)/t12-,14-/m1/s1. The largest absolute Gasteiger partial charge is 0.470 e. The number of benzene rings is 1. The second-order valence-electron chi connectivity index (χ2n) is 5.56. The SMILES string of the molecule is CN(COP(=O)(O)O)[C@@]1(c2ccccc2Cl)CCC[C@@H](O)C1=O. The van der Waals surface area contributed by atoms with Gasteiger partial charge in [-0.1, -0.05) is 29.8 Å². The molecule has 1 aromatic carbocycles. The van der Waals surface area contributed by atoms with Crippen LogP contribution in [0.1, 0.15) is 24.8 Å². The van der Waals surface area contributed by atoms with Gasteiger partial charge in [-0.25, -0.2) is 4.57 Å². The van der Waals surface area contributed by atoms with Gasteiger partial charge in [-0.15, -0.1) is 0 Å². The highest BCUT2D eigenvalue weighted by Crippen LogP contribution is 2.44. The first-order valence-corrected chi connectivity index (χ1v) is 8.98. The van der Waals surface area contributed by atoms with Gasteiger partial charge in [0.2, 0.25) is 0 Å². The molecule has 1 aromatic rings. The Morgan fingerprint density at radius 3 is 2.70 bits per heavy atom. The third kappa shape index (κ3) is 3.83. The molecule has 0 aromatic heterocycles. The maximum atomic E-state index is 12.8. The number of halogens is 1. The predicted molar refractivity (Wildman–Crippen MR) is 83.8 cm³/mol. The summed E-state index contributed by atoms with van der Waals surface area (Å²) in [6, 6.07) is 6.74. The number of Topliss-reactive ketones (excluding diaryl/α,β-unsaturated/α-hetero) is 1. The molecule has 2 rings (SSSR count). The van der Waals surface area contributed by atoms with E-state index in [2.05, 4.69) is 4.52 Å². The van der Waals surface area contributed by atoms with Crippen LogP contribution in [0.2, 0.25) is 5.02 Å². The first-order valence-electron chi connectivity index (χ1n) is 7.07. The summed E-state index contributed by atoms with van der Waals surface area (Å²) in [4.78, 5) is 31.9. The fourth-order valence-electron chi connectivity index (χ4n) is 3.00. The number of hydrogen-bond donors (Lipinski definition) is 3.